The monoisotopic (exact) mass is 392 g/mol. The number of H-pyrrole nitrogens is 1. The van der Waals surface area contributed by atoms with Gasteiger partial charge in [0.25, 0.3) is 5.56 Å². The van der Waals surface area contributed by atoms with Gasteiger partial charge in [-0.25, -0.2) is 9.78 Å². The molecule has 2 aromatic heterocycles. The van der Waals surface area contributed by atoms with Gasteiger partial charge in [-0.1, -0.05) is 49.3 Å². The minimum absolute atomic E-state index is 0.403. The van der Waals surface area contributed by atoms with Crippen molar-refractivity contribution in [2.75, 3.05) is 5.75 Å². The molecule has 0 aliphatic heterocycles. The Morgan fingerprint density at radius 2 is 1.92 bits per heavy atom. The number of hydrogen-bond acceptors (Lipinski definition) is 4. The van der Waals surface area contributed by atoms with Gasteiger partial charge >= 0.3 is 5.69 Å². The van der Waals surface area contributed by atoms with Crippen LogP contribution in [0.3, 0.4) is 0 Å². The first kappa shape index (κ1) is 18.8. The van der Waals surface area contributed by atoms with Gasteiger partial charge in [-0.15, -0.1) is 0 Å². The second-order valence-corrected chi connectivity index (χ2v) is 8.13. The minimum atomic E-state index is -0.461. The van der Waals surface area contributed by atoms with Crippen molar-refractivity contribution in [2.45, 2.75) is 32.0 Å². The zero-order valence-corrected chi connectivity index (χ0v) is 16.5. The molecule has 138 valence electrons. The van der Waals surface area contributed by atoms with Crippen LogP contribution in [0.15, 0.2) is 39.0 Å². The van der Waals surface area contributed by atoms with Crippen molar-refractivity contribution in [2.24, 2.45) is 13.0 Å². The summed E-state index contributed by atoms with van der Waals surface area (Å²) in [4.78, 5) is 31.3. The smallest absolute Gasteiger partial charge is 0.309 e. The molecule has 0 aliphatic carbocycles. The minimum Gasteiger partial charge on any atom is -0.309 e. The van der Waals surface area contributed by atoms with E-state index in [0.717, 1.165) is 22.9 Å². The Balaban J connectivity index is 2.09. The predicted octanol–water partition coefficient (Wildman–Crippen LogP) is 3.26. The summed E-state index contributed by atoms with van der Waals surface area (Å²) in [5.74, 6) is 1.48. The van der Waals surface area contributed by atoms with Gasteiger partial charge in [-0.2, -0.15) is 0 Å². The normalized spacial score (nSPS) is 11.6. The first-order valence-electron chi connectivity index (χ1n) is 8.43. The lowest BCUT2D eigenvalue weighted by Crippen LogP contribution is -2.29. The van der Waals surface area contributed by atoms with Gasteiger partial charge in [-0.3, -0.25) is 14.3 Å². The van der Waals surface area contributed by atoms with Crippen molar-refractivity contribution in [1.29, 1.82) is 0 Å². The Kier molecular flexibility index (Phi) is 5.58. The molecule has 26 heavy (non-hydrogen) atoms. The Hall–Kier alpha value is -1.99. The standard InChI is InChI=1S/C18H21ClN4O2S/c1-11(2)8-9-26-18-20-15-14(16(24)21-17(25)22(15)3)23(18)10-12-4-6-13(19)7-5-12/h4-7,11H,8-10H2,1-3H3,(H,21,24,25). The third-order valence-corrected chi connectivity index (χ3v) is 5.41. The van der Waals surface area contributed by atoms with Crippen molar-refractivity contribution in [3.8, 4) is 0 Å². The SMILES string of the molecule is CC(C)CCSc1nc2c(c(=O)[nH]c(=O)n2C)n1Cc1ccc(Cl)cc1. The molecule has 8 heteroatoms. The largest absolute Gasteiger partial charge is 0.329 e. The molecule has 0 saturated carbocycles. The van der Waals surface area contributed by atoms with E-state index in [0.29, 0.717) is 28.6 Å². The number of nitrogens with one attached hydrogen (secondary N) is 1. The fraction of sp³-hybridized carbons (Fsp3) is 0.389. The highest BCUT2D eigenvalue weighted by molar-refractivity contribution is 7.99. The molecule has 6 nitrogen and oxygen atoms in total. The number of aromatic nitrogens is 4. The highest BCUT2D eigenvalue weighted by Crippen LogP contribution is 2.24. The van der Waals surface area contributed by atoms with Crippen LogP contribution in [-0.2, 0) is 13.6 Å². The summed E-state index contributed by atoms with van der Waals surface area (Å²) in [7, 11) is 1.61. The van der Waals surface area contributed by atoms with E-state index in [1.54, 1.807) is 18.8 Å². The van der Waals surface area contributed by atoms with Crippen LogP contribution in [0.1, 0.15) is 25.8 Å². The van der Waals surface area contributed by atoms with E-state index in [-0.39, 0.29) is 0 Å². The van der Waals surface area contributed by atoms with Gasteiger partial charge in [0.05, 0.1) is 6.54 Å². The third kappa shape index (κ3) is 3.88. The molecule has 1 N–H and O–H groups in total. The van der Waals surface area contributed by atoms with Crippen molar-refractivity contribution in [3.05, 3.63) is 55.7 Å². The van der Waals surface area contributed by atoms with Gasteiger partial charge < -0.3 is 4.57 Å². The Morgan fingerprint density at radius 3 is 2.58 bits per heavy atom. The van der Waals surface area contributed by atoms with Gasteiger partial charge in [0.15, 0.2) is 16.3 Å². The molecule has 0 radical (unpaired) electrons. The molecule has 0 saturated heterocycles. The van der Waals surface area contributed by atoms with E-state index >= 15 is 0 Å². The average molecular weight is 393 g/mol. The lowest BCUT2D eigenvalue weighted by molar-refractivity contribution is 0.630. The second kappa shape index (κ2) is 7.72. The van der Waals surface area contributed by atoms with Crippen molar-refractivity contribution in [3.63, 3.8) is 0 Å². The molecule has 1 aromatic carbocycles. The number of nitrogens with zero attached hydrogens (tertiary/aromatic N) is 3. The van der Waals surface area contributed by atoms with Crippen LogP contribution in [-0.4, -0.2) is 24.9 Å². The molecule has 0 spiro atoms. The number of halogens is 1. The molecule has 0 aliphatic rings. The zero-order chi connectivity index (χ0) is 18.8. The fourth-order valence-corrected chi connectivity index (χ4v) is 3.99. The van der Waals surface area contributed by atoms with E-state index in [4.69, 9.17) is 11.6 Å². The highest BCUT2D eigenvalue weighted by atomic mass is 35.5. The number of fused-ring (bicyclic) bond motifs is 1. The van der Waals surface area contributed by atoms with Gasteiger partial charge in [0.2, 0.25) is 0 Å². The van der Waals surface area contributed by atoms with Crippen molar-refractivity contribution in [1.82, 2.24) is 19.1 Å². The molecule has 3 rings (SSSR count). The molecule has 3 aromatic rings. The Bertz CT molecular complexity index is 1030. The number of rotatable bonds is 6. The molecule has 2 heterocycles. The molecule has 0 unspecified atom stereocenters. The van der Waals surface area contributed by atoms with Crippen molar-refractivity contribution >= 4 is 34.5 Å². The summed E-state index contributed by atoms with van der Waals surface area (Å²) in [5, 5.41) is 1.40. The van der Waals surface area contributed by atoms with Gasteiger partial charge in [0.1, 0.15) is 0 Å². The first-order chi connectivity index (χ1) is 12.4. The summed E-state index contributed by atoms with van der Waals surface area (Å²) in [5.41, 5.74) is 0.944. The van der Waals surface area contributed by atoms with E-state index in [1.165, 1.54) is 4.57 Å². The Morgan fingerprint density at radius 1 is 1.23 bits per heavy atom. The zero-order valence-electron chi connectivity index (χ0n) is 15.0. The number of aromatic amines is 1. The van der Waals surface area contributed by atoms with Crippen LogP contribution in [0.5, 0.6) is 0 Å². The highest BCUT2D eigenvalue weighted by Gasteiger charge is 2.18. The summed E-state index contributed by atoms with van der Waals surface area (Å²) in [6.07, 6.45) is 1.05. The first-order valence-corrected chi connectivity index (χ1v) is 9.80. The molecule has 0 atom stereocenters. The van der Waals surface area contributed by atoms with Crippen LogP contribution in [0, 0.1) is 5.92 Å². The second-order valence-electron chi connectivity index (χ2n) is 6.63. The molecule has 0 bridgehead atoms. The van der Waals surface area contributed by atoms with Crippen molar-refractivity contribution < 1.29 is 0 Å². The van der Waals surface area contributed by atoms with E-state index < -0.39 is 11.2 Å². The number of imidazole rings is 1. The lowest BCUT2D eigenvalue weighted by Gasteiger charge is -2.09. The maximum atomic E-state index is 12.5. The quantitative estimate of drug-likeness (QED) is 0.653. The molecule has 0 amide bonds. The maximum absolute atomic E-state index is 12.5. The molecule has 0 fully saturated rings. The maximum Gasteiger partial charge on any atom is 0.329 e. The lowest BCUT2D eigenvalue weighted by atomic mass is 10.2. The topological polar surface area (TPSA) is 72.7 Å². The van der Waals surface area contributed by atoms with E-state index in [2.05, 4.69) is 23.8 Å². The summed E-state index contributed by atoms with van der Waals surface area (Å²) in [6, 6.07) is 7.49. The molecular formula is C18H21ClN4O2S. The van der Waals surface area contributed by atoms with Gasteiger partial charge in [0, 0.05) is 17.8 Å². The van der Waals surface area contributed by atoms with Gasteiger partial charge in [-0.05, 0) is 30.0 Å². The van der Waals surface area contributed by atoms with E-state index in [9.17, 15) is 9.59 Å². The summed E-state index contributed by atoms with van der Waals surface area (Å²) >= 11 is 7.57. The fourth-order valence-electron chi connectivity index (χ4n) is 2.63. The van der Waals surface area contributed by atoms with Crippen LogP contribution >= 0.6 is 23.4 Å². The Labute approximate surface area is 160 Å². The van der Waals surface area contributed by atoms with Crippen LogP contribution in [0.25, 0.3) is 11.2 Å². The predicted molar refractivity (Wildman–Crippen MR) is 106 cm³/mol. The van der Waals surface area contributed by atoms with E-state index in [1.807, 2.05) is 28.8 Å². The average Bonchev–Trinajstić information content (AvgIpc) is 2.94. The number of aryl methyl sites for hydroxylation is 1. The summed E-state index contributed by atoms with van der Waals surface area (Å²) < 4.78 is 3.25. The molecular weight excluding hydrogens is 372 g/mol. The van der Waals surface area contributed by atoms with Crippen LogP contribution in [0.4, 0.5) is 0 Å². The van der Waals surface area contributed by atoms with Crippen LogP contribution in [0.2, 0.25) is 5.02 Å². The number of benzene rings is 1. The summed E-state index contributed by atoms with van der Waals surface area (Å²) in [6.45, 7) is 4.83. The number of hydrogen-bond donors (Lipinski definition) is 1. The third-order valence-electron chi connectivity index (χ3n) is 4.15. The number of thioether (sulfide) groups is 1. The van der Waals surface area contributed by atoms with Crippen LogP contribution < -0.4 is 11.2 Å².